The zero-order valence-electron chi connectivity index (χ0n) is 19.7. The molecule has 1 fully saturated rings. The smallest absolute Gasteiger partial charge is 0.244 e. The molecule has 1 heterocycles. The van der Waals surface area contributed by atoms with Crippen LogP contribution in [-0.2, 0) is 11.3 Å². The molecule has 1 aliphatic rings. The second-order valence-electron chi connectivity index (χ2n) is 8.69. The lowest BCUT2D eigenvalue weighted by Gasteiger charge is -2.31. The number of nitrogens with one attached hydrogen (secondary N) is 1. The summed E-state index contributed by atoms with van der Waals surface area (Å²) in [5, 5.41) is 14.8. The fourth-order valence-electron chi connectivity index (χ4n) is 4.81. The van der Waals surface area contributed by atoms with Crippen molar-refractivity contribution in [2.45, 2.75) is 25.0 Å². The van der Waals surface area contributed by atoms with Gasteiger partial charge in [0.05, 0.1) is 12.7 Å². The average Bonchev–Trinajstić information content (AvgIpc) is 3.33. The number of carbonyl (C=O) groups excluding carboxylic acids is 1. The molecule has 1 saturated heterocycles. The summed E-state index contributed by atoms with van der Waals surface area (Å²) in [6.07, 6.45) is 0.938. The van der Waals surface area contributed by atoms with Gasteiger partial charge in [0.25, 0.3) is 0 Å². The predicted octanol–water partition coefficient (Wildman–Crippen LogP) is 3.85. The molecular weight excluding hydrogens is 431 g/mol. The van der Waals surface area contributed by atoms with Crippen LogP contribution in [0.5, 0.6) is 5.75 Å². The van der Waals surface area contributed by atoms with E-state index in [-0.39, 0.29) is 18.3 Å². The average molecular weight is 461 g/mol. The Labute approximate surface area is 199 Å². The van der Waals surface area contributed by atoms with Gasteiger partial charge >= 0.3 is 0 Å². The molecule has 0 aromatic heterocycles. The van der Waals surface area contributed by atoms with Gasteiger partial charge in [-0.1, -0.05) is 36.4 Å². The highest BCUT2D eigenvalue weighted by Crippen LogP contribution is 2.34. The molecule has 3 aromatic carbocycles. The summed E-state index contributed by atoms with van der Waals surface area (Å²) in [4.78, 5) is 17.7. The molecule has 1 amide bonds. The van der Waals surface area contributed by atoms with Crippen molar-refractivity contribution in [3.63, 3.8) is 0 Å². The molecule has 0 saturated carbocycles. The molecule has 0 bridgehead atoms. The third-order valence-electron chi connectivity index (χ3n) is 6.61. The van der Waals surface area contributed by atoms with Crippen molar-refractivity contribution in [2.75, 3.05) is 34.3 Å². The molecule has 7 heteroatoms. The van der Waals surface area contributed by atoms with Crippen molar-refractivity contribution in [2.24, 2.45) is 0 Å². The van der Waals surface area contributed by atoms with Crippen molar-refractivity contribution >= 4 is 16.7 Å². The molecule has 176 valence electrons. The van der Waals surface area contributed by atoms with Crippen molar-refractivity contribution < 1.29 is 13.9 Å². The minimum atomic E-state index is -0.527. The first kappa shape index (κ1) is 23.7. The van der Waals surface area contributed by atoms with Crippen LogP contribution in [-0.4, -0.2) is 56.0 Å². The van der Waals surface area contributed by atoms with Gasteiger partial charge in [-0.05, 0) is 48.0 Å². The van der Waals surface area contributed by atoms with Gasteiger partial charge in [0.2, 0.25) is 5.91 Å². The second-order valence-corrected chi connectivity index (χ2v) is 8.69. The molecule has 2 atom stereocenters. The molecule has 0 aliphatic carbocycles. The third-order valence-corrected chi connectivity index (χ3v) is 6.61. The maximum absolute atomic E-state index is 13.9. The molecule has 4 rings (SSSR count). The fourth-order valence-corrected chi connectivity index (χ4v) is 4.81. The number of nitrogens with zero attached hydrogens (tertiary/aromatic N) is 3. The number of fused-ring (bicyclic) bond motifs is 1. The number of rotatable bonds is 7. The number of carbonyl (C=O) groups is 1. The molecule has 1 N–H and O–H groups in total. The van der Waals surface area contributed by atoms with Gasteiger partial charge in [0, 0.05) is 38.3 Å². The van der Waals surface area contributed by atoms with E-state index in [4.69, 9.17) is 4.74 Å². The molecule has 1 aliphatic heterocycles. The van der Waals surface area contributed by atoms with Crippen LogP contribution < -0.4 is 10.1 Å². The number of methoxy groups -OCH3 is 1. The summed E-state index contributed by atoms with van der Waals surface area (Å²) in [5.74, 6) is 0.0646. The summed E-state index contributed by atoms with van der Waals surface area (Å²) in [6, 6.07) is 17.7. The van der Waals surface area contributed by atoms with Crippen LogP contribution >= 0.6 is 0 Å². The lowest BCUT2D eigenvalue weighted by atomic mass is 9.98. The van der Waals surface area contributed by atoms with Crippen molar-refractivity contribution in [1.82, 2.24) is 15.1 Å². The zero-order chi connectivity index (χ0) is 24.2. The monoisotopic (exact) mass is 460 g/mol. The predicted molar refractivity (Wildman–Crippen MR) is 130 cm³/mol. The molecule has 2 unspecified atom stereocenters. The lowest BCUT2D eigenvalue weighted by molar-refractivity contribution is -0.136. The Kier molecular flexibility index (Phi) is 7.11. The van der Waals surface area contributed by atoms with Crippen molar-refractivity contribution in [3.8, 4) is 11.8 Å². The normalized spacial score (nSPS) is 16.9. The first-order chi connectivity index (χ1) is 16.5. The summed E-state index contributed by atoms with van der Waals surface area (Å²) < 4.78 is 19.3. The number of halogens is 1. The first-order valence-corrected chi connectivity index (χ1v) is 11.4. The Morgan fingerprint density at radius 3 is 2.68 bits per heavy atom. The van der Waals surface area contributed by atoms with Gasteiger partial charge in [-0.25, -0.2) is 4.39 Å². The first-order valence-electron chi connectivity index (χ1n) is 11.4. The molecule has 6 nitrogen and oxygen atoms in total. The van der Waals surface area contributed by atoms with Crippen LogP contribution in [0.3, 0.4) is 0 Å². The Morgan fingerprint density at radius 2 is 2.03 bits per heavy atom. The fraction of sp³-hybridized carbons (Fsp3) is 0.333. The van der Waals surface area contributed by atoms with E-state index in [0.29, 0.717) is 17.4 Å². The standard InChI is InChI=1S/C27H29FN4O2/c1-30-22-12-13-32(16-22)25(18-8-10-21(28)11-9-18)27(33)31(2)17-24-23-7-5-4-6-19(23)14-20(15-29)26(24)34-3/h4-11,14,22,25,30H,12-13,16-17H2,1-3H3. The Morgan fingerprint density at radius 1 is 1.29 bits per heavy atom. The largest absolute Gasteiger partial charge is 0.495 e. The third kappa shape index (κ3) is 4.60. The number of hydrogen-bond acceptors (Lipinski definition) is 5. The summed E-state index contributed by atoms with van der Waals surface area (Å²) in [7, 11) is 5.23. The van der Waals surface area contributed by atoms with E-state index >= 15 is 0 Å². The Balaban J connectivity index is 1.71. The highest BCUT2D eigenvalue weighted by atomic mass is 19.1. The van der Waals surface area contributed by atoms with Gasteiger partial charge in [-0.2, -0.15) is 5.26 Å². The number of amides is 1. The van der Waals surface area contributed by atoms with E-state index in [9.17, 15) is 14.4 Å². The van der Waals surface area contributed by atoms with Gasteiger partial charge in [0.1, 0.15) is 23.7 Å². The zero-order valence-corrected chi connectivity index (χ0v) is 19.7. The minimum absolute atomic E-state index is 0.0862. The SMILES string of the molecule is CNC1CCN(C(C(=O)N(C)Cc2c(OC)c(C#N)cc3ccccc23)c2ccc(F)cc2)C1. The van der Waals surface area contributed by atoms with Crippen molar-refractivity contribution in [3.05, 3.63) is 77.1 Å². The number of nitriles is 1. The van der Waals surface area contributed by atoms with Crippen LogP contribution in [0.4, 0.5) is 4.39 Å². The topological polar surface area (TPSA) is 68.6 Å². The minimum Gasteiger partial charge on any atom is -0.495 e. The summed E-state index contributed by atoms with van der Waals surface area (Å²) in [6.45, 7) is 1.77. The maximum atomic E-state index is 13.9. The van der Waals surface area contributed by atoms with Gasteiger partial charge in [-0.15, -0.1) is 0 Å². The number of ether oxygens (including phenoxy) is 1. The summed E-state index contributed by atoms with van der Waals surface area (Å²) >= 11 is 0. The number of likely N-dealkylation sites (tertiary alicyclic amines) is 1. The van der Waals surface area contributed by atoms with Gasteiger partial charge in [0.15, 0.2) is 0 Å². The molecular formula is C27H29FN4O2. The molecule has 3 aromatic rings. The maximum Gasteiger partial charge on any atom is 0.244 e. The van der Waals surface area contributed by atoms with E-state index in [0.717, 1.165) is 41.4 Å². The van der Waals surface area contributed by atoms with Gasteiger partial charge < -0.3 is 15.0 Å². The van der Waals surface area contributed by atoms with E-state index in [2.05, 4.69) is 16.3 Å². The highest BCUT2D eigenvalue weighted by molar-refractivity contribution is 5.91. The Bertz CT molecular complexity index is 1220. The van der Waals surface area contributed by atoms with E-state index in [1.807, 2.05) is 37.4 Å². The second kappa shape index (κ2) is 10.2. The number of likely N-dealkylation sites (N-methyl/N-ethyl adjacent to an activating group) is 2. The summed E-state index contributed by atoms with van der Waals surface area (Å²) in [5.41, 5.74) is 1.99. The van der Waals surface area contributed by atoms with Crippen LogP contribution in [0.1, 0.15) is 29.2 Å². The highest BCUT2D eigenvalue weighted by Gasteiger charge is 2.35. The lowest BCUT2D eigenvalue weighted by Crippen LogP contribution is -2.41. The van der Waals surface area contributed by atoms with Crippen LogP contribution in [0.2, 0.25) is 0 Å². The Hall–Kier alpha value is -3.47. The molecule has 0 spiro atoms. The molecule has 34 heavy (non-hydrogen) atoms. The van der Waals surface area contributed by atoms with Crippen molar-refractivity contribution in [1.29, 1.82) is 5.26 Å². The van der Waals surface area contributed by atoms with Crippen LogP contribution in [0.15, 0.2) is 54.6 Å². The van der Waals surface area contributed by atoms with Crippen LogP contribution in [0.25, 0.3) is 10.8 Å². The van der Waals surface area contributed by atoms with E-state index < -0.39 is 6.04 Å². The van der Waals surface area contributed by atoms with Crippen LogP contribution in [0, 0.1) is 17.1 Å². The van der Waals surface area contributed by atoms with E-state index in [1.165, 1.54) is 12.1 Å². The van der Waals surface area contributed by atoms with Gasteiger partial charge in [-0.3, -0.25) is 9.69 Å². The quantitative estimate of drug-likeness (QED) is 0.580. The van der Waals surface area contributed by atoms with E-state index in [1.54, 1.807) is 31.2 Å². The number of benzene rings is 3. The molecule has 0 radical (unpaired) electrons. The number of hydrogen-bond donors (Lipinski definition) is 1.